The molecule has 0 bridgehead atoms. The van der Waals surface area contributed by atoms with Crippen LogP contribution in [0.25, 0.3) is 10.8 Å². The van der Waals surface area contributed by atoms with Gasteiger partial charge in [0, 0.05) is 5.02 Å². The minimum absolute atomic E-state index is 0.153. The molecule has 0 radical (unpaired) electrons. The van der Waals surface area contributed by atoms with Gasteiger partial charge >= 0.3 is 12.1 Å². The van der Waals surface area contributed by atoms with Gasteiger partial charge in [-0.3, -0.25) is 9.59 Å². The zero-order chi connectivity index (χ0) is 29.4. The first-order valence-corrected chi connectivity index (χ1v) is 14.0. The van der Waals surface area contributed by atoms with Gasteiger partial charge in [-0.15, -0.1) is 0 Å². The Hall–Kier alpha value is -2.77. The second-order valence-electron chi connectivity index (χ2n) is 11.5. The molecule has 214 valence electrons. The maximum absolute atomic E-state index is 14.0. The molecule has 1 amide bonds. The fourth-order valence-corrected chi connectivity index (χ4v) is 5.33. The van der Waals surface area contributed by atoms with Crippen LogP contribution in [0.3, 0.4) is 0 Å². The van der Waals surface area contributed by atoms with Crippen molar-refractivity contribution >= 4 is 51.5 Å². The third-order valence-electron chi connectivity index (χ3n) is 7.16. The Balaban J connectivity index is 1.64. The molecular weight excluding hydrogens is 562 g/mol. The highest BCUT2D eigenvalue weighted by atomic mass is 35.5. The van der Waals surface area contributed by atoms with Crippen molar-refractivity contribution in [1.29, 1.82) is 0 Å². The molecule has 4 nitrogen and oxygen atoms in total. The number of nitrogens with one attached hydrogen (secondary N) is 1. The summed E-state index contributed by atoms with van der Waals surface area (Å²) in [5.74, 6) is -4.53. The molecule has 1 aliphatic carbocycles. The van der Waals surface area contributed by atoms with Gasteiger partial charge in [-0.2, -0.15) is 13.2 Å². The summed E-state index contributed by atoms with van der Waals surface area (Å²) >= 11 is 12.5. The minimum atomic E-state index is -4.62. The van der Waals surface area contributed by atoms with Crippen molar-refractivity contribution in [2.75, 3.05) is 5.32 Å². The van der Waals surface area contributed by atoms with Crippen molar-refractivity contribution in [2.45, 2.75) is 70.6 Å². The fraction of sp³-hybridized carbons (Fsp3) is 0.419. The summed E-state index contributed by atoms with van der Waals surface area (Å²) in [6.07, 6.45) is -2.55. The molecule has 3 atom stereocenters. The number of benzene rings is 3. The second kappa shape index (κ2) is 11.6. The van der Waals surface area contributed by atoms with Crippen LogP contribution in [0.4, 0.5) is 18.9 Å². The highest BCUT2D eigenvalue weighted by Gasteiger charge is 2.45. The van der Waals surface area contributed by atoms with Crippen molar-refractivity contribution in [1.82, 2.24) is 0 Å². The summed E-state index contributed by atoms with van der Waals surface area (Å²) in [6.45, 7) is 6.40. The van der Waals surface area contributed by atoms with Gasteiger partial charge in [-0.1, -0.05) is 60.5 Å². The lowest BCUT2D eigenvalue weighted by Crippen LogP contribution is -2.34. The zero-order valence-electron chi connectivity index (χ0n) is 22.7. The third kappa shape index (κ3) is 7.49. The smallest absolute Gasteiger partial charge is 0.392 e. The number of anilines is 1. The topological polar surface area (TPSA) is 55.4 Å². The van der Waals surface area contributed by atoms with Gasteiger partial charge in [0.15, 0.2) is 0 Å². The van der Waals surface area contributed by atoms with Gasteiger partial charge in [-0.25, -0.2) is 0 Å². The van der Waals surface area contributed by atoms with E-state index in [1.165, 1.54) is 6.07 Å². The predicted molar refractivity (Wildman–Crippen MR) is 153 cm³/mol. The average molecular weight is 595 g/mol. The number of ether oxygens (including phenoxy) is 1. The molecule has 4 rings (SSSR count). The summed E-state index contributed by atoms with van der Waals surface area (Å²) in [6, 6.07) is 14.9. The number of rotatable bonds is 8. The maximum Gasteiger partial charge on any atom is 0.392 e. The number of esters is 1. The zero-order valence-corrected chi connectivity index (χ0v) is 24.3. The van der Waals surface area contributed by atoms with Crippen LogP contribution in [0.2, 0.25) is 10.0 Å². The SMILES string of the molecule is C[C@H]([C@@H](C(=O)Nc1cc([C@@H](CC(=O)OC(C)(C)C)C2CC2)ccc1Cl)c1ccc2cc(Cl)ccc2c1)C(F)(F)F. The number of fused-ring (bicyclic) bond motifs is 1. The Morgan fingerprint density at radius 3 is 2.20 bits per heavy atom. The van der Waals surface area contributed by atoms with Crippen LogP contribution >= 0.6 is 23.2 Å². The highest BCUT2D eigenvalue weighted by Crippen LogP contribution is 2.46. The van der Waals surface area contributed by atoms with E-state index in [1.54, 1.807) is 69.3 Å². The van der Waals surface area contributed by atoms with E-state index in [4.69, 9.17) is 27.9 Å². The van der Waals surface area contributed by atoms with Crippen LogP contribution in [0.5, 0.6) is 0 Å². The predicted octanol–water partition coefficient (Wildman–Crippen LogP) is 9.29. The first-order chi connectivity index (χ1) is 18.6. The normalized spacial score (nSPS) is 16.3. The standard InChI is InChI=1S/C31H32Cl2F3NO3/c1-17(31(34,35)36)28(22-8-7-20-14-23(32)11-9-19(20)13-22)29(39)37-26-15-21(10-12-25(26)33)24(18-5-6-18)16-27(38)40-30(2,3)4/h7-15,17-18,24,28H,5-6,16H2,1-4H3,(H,37,39)/t17-,24+,28-/m1/s1. The van der Waals surface area contributed by atoms with Crippen molar-refractivity contribution in [3.8, 4) is 0 Å². The Labute approximate surface area is 242 Å². The number of carbonyl (C=O) groups excluding carboxylic acids is 2. The number of amides is 1. The van der Waals surface area contributed by atoms with Crippen molar-refractivity contribution < 1.29 is 27.5 Å². The number of halogens is 5. The lowest BCUT2D eigenvalue weighted by molar-refractivity contribution is -0.178. The fourth-order valence-electron chi connectivity index (χ4n) is 4.98. The van der Waals surface area contributed by atoms with E-state index >= 15 is 0 Å². The van der Waals surface area contributed by atoms with Crippen LogP contribution in [-0.4, -0.2) is 23.7 Å². The first kappa shape index (κ1) is 30.2. The van der Waals surface area contributed by atoms with E-state index in [9.17, 15) is 22.8 Å². The van der Waals surface area contributed by atoms with Gasteiger partial charge in [0.05, 0.1) is 29.0 Å². The van der Waals surface area contributed by atoms with Gasteiger partial charge in [0.2, 0.25) is 5.91 Å². The Bertz CT molecular complexity index is 1410. The minimum Gasteiger partial charge on any atom is -0.460 e. The molecule has 1 saturated carbocycles. The highest BCUT2D eigenvalue weighted by molar-refractivity contribution is 6.33. The Morgan fingerprint density at radius 2 is 1.57 bits per heavy atom. The Morgan fingerprint density at radius 1 is 0.950 bits per heavy atom. The van der Waals surface area contributed by atoms with Crippen molar-refractivity contribution in [3.05, 3.63) is 75.8 Å². The van der Waals surface area contributed by atoms with E-state index in [1.807, 2.05) is 0 Å². The lowest BCUT2D eigenvalue weighted by atomic mass is 9.84. The molecule has 0 aromatic heterocycles. The summed E-state index contributed by atoms with van der Waals surface area (Å²) in [5.41, 5.74) is 0.580. The van der Waals surface area contributed by atoms with Gasteiger partial charge in [-0.05, 0) is 91.6 Å². The molecule has 0 heterocycles. The summed E-state index contributed by atoms with van der Waals surface area (Å²) in [5, 5.41) is 4.77. The number of hydrogen-bond acceptors (Lipinski definition) is 3. The van der Waals surface area contributed by atoms with E-state index in [0.717, 1.165) is 30.7 Å². The van der Waals surface area contributed by atoms with Gasteiger partial charge < -0.3 is 10.1 Å². The molecular formula is C31H32Cl2F3NO3. The summed E-state index contributed by atoms with van der Waals surface area (Å²) in [7, 11) is 0. The van der Waals surface area contributed by atoms with Gasteiger partial charge in [0.1, 0.15) is 5.60 Å². The quantitative estimate of drug-likeness (QED) is 0.265. The molecule has 0 saturated heterocycles. The Kier molecular flexibility index (Phi) is 8.77. The van der Waals surface area contributed by atoms with E-state index in [0.29, 0.717) is 10.4 Å². The first-order valence-electron chi connectivity index (χ1n) is 13.2. The van der Waals surface area contributed by atoms with Crippen molar-refractivity contribution in [2.24, 2.45) is 11.8 Å². The maximum atomic E-state index is 14.0. The molecule has 1 aliphatic rings. The average Bonchev–Trinajstić information content (AvgIpc) is 3.68. The lowest BCUT2D eigenvalue weighted by Gasteiger charge is -2.26. The van der Waals surface area contributed by atoms with E-state index in [2.05, 4.69) is 5.32 Å². The van der Waals surface area contributed by atoms with Crippen LogP contribution in [0, 0.1) is 11.8 Å². The molecule has 0 unspecified atom stereocenters. The van der Waals surface area contributed by atoms with Crippen LogP contribution in [0.15, 0.2) is 54.6 Å². The molecule has 1 N–H and O–H groups in total. The van der Waals surface area contributed by atoms with Gasteiger partial charge in [0.25, 0.3) is 0 Å². The molecule has 3 aromatic rings. The van der Waals surface area contributed by atoms with Crippen LogP contribution < -0.4 is 5.32 Å². The largest absolute Gasteiger partial charge is 0.460 e. The van der Waals surface area contributed by atoms with E-state index < -0.39 is 29.5 Å². The van der Waals surface area contributed by atoms with Crippen molar-refractivity contribution in [3.63, 3.8) is 0 Å². The second-order valence-corrected chi connectivity index (χ2v) is 12.4. The molecule has 0 aliphatic heterocycles. The number of alkyl halides is 3. The monoisotopic (exact) mass is 593 g/mol. The molecule has 0 spiro atoms. The molecule has 1 fully saturated rings. The summed E-state index contributed by atoms with van der Waals surface area (Å²) < 4.78 is 47.4. The molecule has 3 aromatic carbocycles. The van der Waals surface area contributed by atoms with Crippen LogP contribution in [-0.2, 0) is 14.3 Å². The molecule has 9 heteroatoms. The molecule has 40 heavy (non-hydrogen) atoms. The van der Waals surface area contributed by atoms with E-state index in [-0.39, 0.29) is 40.5 Å². The third-order valence-corrected chi connectivity index (χ3v) is 7.72. The van der Waals surface area contributed by atoms with Crippen LogP contribution in [0.1, 0.15) is 69.9 Å². The number of hydrogen-bond donors (Lipinski definition) is 1. The number of carbonyl (C=O) groups is 2. The summed E-state index contributed by atoms with van der Waals surface area (Å²) in [4.78, 5) is 26.1.